The Kier molecular flexibility index (Phi) is 10.9. The monoisotopic (exact) mass is 651 g/mol. The average molecular weight is 653 g/mol. The van der Waals surface area contributed by atoms with Crippen molar-refractivity contribution >= 4 is 26.8 Å². The Bertz CT molecular complexity index is 1550. The van der Waals surface area contributed by atoms with E-state index < -0.39 is 11.5 Å². The van der Waals surface area contributed by atoms with Crippen LogP contribution in [0.1, 0.15) is 54.5 Å². The number of rotatable bonds is 14. The molecule has 0 saturated heterocycles. The molecule has 0 radical (unpaired) electrons. The molecule has 0 aliphatic heterocycles. The van der Waals surface area contributed by atoms with Gasteiger partial charge < -0.3 is 29.0 Å². The van der Waals surface area contributed by atoms with Crippen LogP contribution in [-0.4, -0.2) is 68.6 Å². The third kappa shape index (κ3) is 7.22. The van der Waals surface area contributed by atoms with Crippen LogP contribution in [0.4, 0.5) is 0 Å². The van der Waals surface area contributed by atoms with Crippen LogP contribution in [0.3, 0.4) is 0 Å². The summed E-state index contributed by atoms with van der Waals surface area (Å²) in [5.41, 5.74) is 2.17. The summed E-state index contributed by atoms with van der Waals surface area (Å²) in [6.07, 6.45) is 2.30. The molecule has 43 heavy (non-hydrogen) atoms. The summed E-state index contributed by atoms with van der Waals surface area (Å²) in [5, 5.41) is 14.1. The highest BCUT2D eigenvalue weighted by Crippen LogP contribution is 2.51. The molecule has 9 heteroatoms. The van der Waals surface area contributed by atoms with Crippen molar-refractivity contribution in [2.75, 3.05) is 48.6 Å². The van der Waals surface area contributed by atoms with Gasteiger partial charge in [0.05, 0.1) is 39.4 Å². The molecule has 0 saturated carbocycles. The van der Waals surface area contributed by atoms with Crippen LogP contribution in [-0.2, 0) is 5.60 Å². The van der Waals surface area contributed by atoms with Crippen LogP contribution in [0, 0.1) is 6.92 Å². The number of unbranched alkanes of at least 4 members (excludes halogenated alkanes) is 1. The highest BCUT2D eigenvalue weighted by atomic mass is 79.9. The third-order valence-corrected chi connectivity index (χ3v) is 8.10. The van der Waals surface area contributed by atoms with Crippen LogP contribution in [0.15, 0.2) is 59.1 Å². The number of halogens is 1. The number of fused-ring (bicyclic) bond motifs is 1. The maximum Gasteiger partial charge on any atom is 0.217 e. The maximum absolute atomic E-state index is 13.2. The summed E-state index contributed by atoms with van der Waals surface area (Å²) < 4.78 is 24.7. The molecule has 8 nitrogen and oxygen atoms in total. The summed E-state index contributed by atoms with van der Waals surface area (Å²) in [5.74, 6) is 1.33. The number of benzene rings is 2. The Morgan fingerprint density at radius 1 is 0.953 bits per heavy atom. The largest absolute Gasteiger partial charge is 0.493 e. The topological polar surface area (TPSA) is 86.2 Å². The van der Waals surface area contributed by atoms with E-state index in [2.05, 4.69) is 32.7 Å². The Hall–Kier alpha value is -3.40. The Morgan fingerprint density at radius 3 is 2.42 bits per heavy atom. The van der Waals surface area contributed by atoms with Crippen LogP contribution in [0.5, 0.6) is 23.3 Å². The first-order chi connectivity index (χ1) is 20.6. The van der Waals surface area contributed by atoms with Gasteiger partial charge in [0.1, 0.15) is 5.60 Å². The molecule has 2 atom stereocenters. The first-order valence-corrected chi connectivity index (χ1v) is 15.3. The van der Waals surface area contributed by atoms with Crippen molar-refractivity contribution in [3.05, 3.63) is 81.5 Å². The average Bonchev–Trinajstić information content (AvgIpc) is 2.99. The fourth-order valence-corrected chi connectivity index (χ4v) is 5.84. The zero-order valence-corrected chi connectivity index (χ0v) is 27.7. The minimum absolute atomic E-state index is 0.376. The Balaban J connectivity index is 2.10. The predicted octanol–water partition coefficient (Wildman–Crippen LogP) is 6.88. The SMILES string of the molecule is CCCCOc1cccc(C(c2cc3cc(Br)ccc3nc2OC)C(O)(CCN(C)C)c2cc(C)nc(OC)c2)c1OC. The third-order valence-electron chi connectivity index (χ3n) is 7.61. The van der Waals surface area contributed by atoms with E-state index in [4.69, 9.17) is 23.9 Å². The molecule has 2 aromatic carbocycles. The normalized spacial score (nSPS) is 13.5. The molecule has 2 heterocycles. The minimum Gasteiger partial charge on any atom is -0.493 e. The van der Waals surface area contributed by atoms with E-state index >= 15 is 0 Å². The summed E-state index contributed by atoms with van der Waals surface area (Å²) >= 11 is 3.61. The summed E-state index contributed by atoms with van der Waals surface area (Å²) in [4.78, 5) is 11.5. The number of methoxy groups -OCH3 is 3. The van der Waals surface area contributed by atoms with Crippen molar-refractivity contribution < 1.29 is 24.1 Å². The number of aromatic nitrogens is 2. The first kappa shape index (κ1) is 32.5. The molecular formula is C34H42BrN3O5. The Morgan fingerprint density at radius 2 is 1.74 bits per heavy atom. The van der Waals surface area contributed by atoms with E-state index in [1.54, 1.807) is 27.4 Å². The highest BCUT2D eigenvalue weighted by molar-refractivity contribution is 9.10. The van der Waals surface area contributed by atoms with Gasteiger partial charge in [-0.1, -0.05) is 41.4 Å². The number of ether oxygens (including phenoxy) is 4. The van der Waals surface area contributed by atoms with Crippen LogP contribution < -0.4 is 18.9 Å². The number of hydrogen-bond acceptors (Lipinski definition) is 8. The fraction of sp³-hybridized carbons (Fsp3) is 0.412. The zero-order chi connectivity index (χ0) is 31.1. The van der Waals surface area contributed by atoms with Crippen molar-refractivity contribution in [2.45, 2.75) is 44.6 Å². The maximum atomic E-state index is 13.2. The number of aryl methyl sites for hydroxylation is 1. The second-order valence-electron chi connectivity index (χ2n) is 11.0. The molecule has 2 aromatic heterocycles. The van der Waals surface area contributed by atoms with Crippen LogP contribution >= 0.6 is 15.9 Å². The number of aliphatic hydroxyl groups is 1. The lowest BCUT2D eigenvalue weighted by Crippen LogP contribution is -2.38. The van der Waals surface area contributed by atoms with E-state index in [1.165, 1.54) is 0 Å². The van der Waals surface area contributed by atoms with Gasteiger partial charge in [-0.3, -0.25) is 0 Å². The number of nitrogens with zero attached hydrogens (tertiary/aromatic N) is 3. The van der Waals surface area contributed by atoms with Gasteiger partial charge in [0.25, 0.3) is 0 Å². The van der Waals surface area contributed by atoms with Gasteiger partial charge in [-0.15, -0.1) is 0 Å². The molecule has 0 aliphatic rings. The molecule has 2 unspecified atom stereocenters. The number of pyridine rings is 2. The number of para-hydroxylation sites is 1. The Labute approximate surface area is 263 Å². The molecule has 4 rings (SSSR count). The molecular weight excluding hydrogens is 610 g/mol. The molecule has 0 amide bonds. The second-order valence-corrected chi connectivity index (χ2v) is 11.9. The standard InChI is InChI=1S/C34H42BrN3O5/c1-8-9-17-43-29-12-10-11-26(32(29)41-6)31(27-20-23-19-25(35)13-14-28(23)37-33(27)42-7)34(39,15-16-38(3)4)24-18-22(2)36-30(21-24)40-5/h10-14,18-21,31,39H,8-9,15-17H2,1-7H3. The predicted molar refractivity (Wildman–Crippen MR) is 174 cm³/mol. The molecule has 0 fully saturated rings. The van der Waals surface area contributed by atoms with Crippen molar-refractivity contribution in [1.82, 2.24) is 14.9 Å². The smallest absolute Gasteiger partial charge is 0.217 e. The van der Waals surface area contributed by atoms with Gasteiger partial charge in [-0.2, -0.15) is 0 Å². The van der Waals surface area contributed by atoms with Gasteiger partial charge in [0.15, 0.2) is 11.5 Å². The second kappa shape index (κ2) is 14.4. The van der Waals surface area contributed by atoms with Crippen molar-refractivity contribution in [3.63, 3.8) is 0 Å². The molecule has 0 spiro atoms. The van der Waals surface area contributed by atoms with Gasteiger partial charge in [-0.25, -0.2) is 9.97 Å². The van der Waals surface area contributed by atoms with Gasteiger partial charge in [-0.05, 0) is 75.8 Å². The van der Waals surface area contributed by atoms with Crippen molar-refractivity contribution in [2.24, 2.45) is 0 Å². The van der Waals surface area contributed by atoms with E-state index in [1.807, 2.05) is 69.6 Å². The van der Waals surface area contributed by atoms with Crippen molar-refractivity contribution in [3.8, 4) is 23.3 Å². The zero-order valence-electron chi connectivity index (χ0n) is 26.1. The lowest BCUT2D eigenvalue weighted by Gasteiger charge is -2.39. The quantitative estimate of drug-likeness (QED) is 0.148. The number of hydrogen-bond donors (Lipinski definition) is 1. The van der Waals surface area contributed by atoms with Gasteiger partial charge >= 0.3 is 0 Å². The van der Waals surface area contributed by atoms with Crippen molar-refractivity contribution in [1.29, 1.82) is 0 Å². The lowest BCUT2D eigenvalue weighted by atomic mass is 9.71. The molecule has 4 aromatic rings. The van der Waals surface area contributed by atoms with E-state index in [9.17, 15) is 5.11 Å². The molecule has 230 valence electrons. The van der Waals surface area contributed by atoms with E-state index in [0.29, 0.717) is 54.0 Å². The lowest BCUT2D eigenvalue weighted by molar-refractivity contribution is 0.00281. The highest BCUT2D eigenvalue weighted by Gasteiger charge is 2.44. The first-order valence-electron chi connectivity index (χ1n) is 14.5. The minimum atomic E-state index is -1.48. The molecule has 0 aliphatic carbocycles. The van der Waals surface area contributed by atoms with Gasteiger partial charge in [0, 0.05) is 39.3 Å². The van der Waals surface area contributed by atoms with Gasteiger partial charge in [0.2, 0.25) is 11.8 Å². The fourth-order valence-electron chi connectivity index (χ4n) is 5.46. The molecule has 1 N–H and O–H groups in total. The summed E-state index contributed by atoms with van der Waals surface area (Å²) in [7, 11) is 8.80. The van der Waals surface area contributed by atoms with Crippen LogP contribution in [0.25, 0.3) is 10.9 Å². The summed E-state index contributed by atoms with van der Waals surface area (Å²) in [6, 6.07) is 17.5. The van der Waals surface area contributed by atoms with Crippen LogP contribution in [0.2, 0.25) is 0 Å². The van der Waals surface area contributed by atoms with E-state index in [0.717, 1.165) is 39.5 Å². The summed E-state index contributed by atoms with van der Waals surface area (Å²) in [6.45, 7) is 5.17. The molecule has 0 bridgehead atoms. The van der Waals surface area contributed by atoms with E-state index in [-0.39, 0.29) is 0 Å².